The van der Waals surface area contributed by atoms with Crippen molar-refractivity contribution in [1.82, 2.24) is 0 Å². The molecule has 0 nitrogen and oxygen atoms in total. The number of hydrogen-bond acceptors (Lipinski definition) is 0. The molecule has 0 aromatic heterocycles. The third-order valence-corrected chi connectivity index (χ3v) is 3.45. The average molecular weight is 122 g/mol. The highest BCUT2D eigenvalue weighted by molar-refractivity contribution is 5.42. The summed E-state index contributed by atoms with van der Waals surface area (Å²) >= 11 is 0. The Labute approximate surface area is 57.0 Å². The first-order valence-corrected chi connectivity index (χ1v) is 3.91. The number of rotatable bonds is 1. The second-order valence-electron chi connectivity index (χ2n) is 3.62. The number of allylic oxidation sites excluding steroid dienone is 1. The van der Waals surface area contributed by atoms with Gasteiger partial charge in [0.2, 0.25) is 0 Å². The summed E-state index contributed by atoms with van der Waals surface area (Å²) in [5.41, 5.74) is 2.22. The van der Waals surface area contributed by atoms with Gasteiger partial charge in [-0.2, -0.15) is 0 Å². The van der Waals surface area contributed by atoms with Crippen molar-refractivity contribution in [2.24, 2.45) is 17.3 Å². The van der Waals surface area contributed by atoms with Crippen molar-refractivity contribution in [2.75, 3.05) is 0 Å². The van der Waals surface area contributed by atoms with Gasteiger partial charge in [0.15, 0.2) is 0 Å². The van der Waals surface area contributed by atoms with Crippen molar-refractivity contribution in [3.05, 3.63) is 12.2 Å². The molecule has 9 heavy (non-hydrogen) atoms. The maximum absolute atomic E-state index is 4.03. The van der Waals surface area contributed by atoms with E-state index in [1.54, 1.807) is 0 Å². The zero-order chi connectivity index (χ0) is 6.65. The molecule has 50 valence electrons. The van der Waals surface area contributed by atoms with Crippen LogP contribution in [0.15, 0.2) is 12.2 Å². The minimum Gasteiger partial charge on any atom is -0.0992 e. The van der Waals surface area contributed by atoms with Crippen LogP contribution in [0.3, 0.4) is 0 Å². The summed E-state index contributed by atoms with van der Waals surface area (Å²) in [6.07, 6.45) is 2.70. The predicted octanol–water partition coefficient (Wildman–Crippen LogP) is 2.61. The molecule has 0 radical (unpaired) electrons. The van der Waals surface area contributed by atoms with Crippen molar-refractivity contribution < 1.29 is 0 Å². The van der Waals surface area contributed by atoms with E-state index in [9.17, 15) is 0 Å². The van der Waals surface area contributed by atoms with Gasteiger partial charge in [-0.1, -0.05) is 32.4 Å². The van der Waals surface area contributed by atoms with Crippen LogP contribution in [0.1, 0.15) is 26.7 Å². The van der Waals surface area contributed by atoms with Crippen LogP contribution in [0.25, 0.3) is 0 Å². The summed E-state index contributed by atoms with van der Waals surface area (Å²) in [6, 6.07) is 0. The van der Waals surface area contributed by atoms with Gasteiger partial charge in [0.25, 0.3) is 0 Å². The molecule has 2 rings (SSSR count). The first-order valence-electron chi connectivity index (χ1n) is 3.91. The maximum atomic E-state index is 4.03. The zero-order valence-electron chi connectivity index (χ0n) is 6.28. The Kier molecular flexibility index (Phi) is 0.769. The van der Waals surface area contributed by atoms with Gasteiger partial charge >= 0.3 is 0 Å². The normalized spacial score (nSPS) is 54.2. The Bertz CT molecular complexity index is 169. The molecule has 2 aliphatic rings. The lowest BCUT2D eigenvalue weighted by Crippen LogP contribution is -1.74. The highest BCUT2D eigenvalue weighted by atomic mass is 14.7. The highest BCUT2D eigenvalue weighted by Gasteiger charge is 2.70. The van der Waals surface area contributed by atoms with Gasteiger partial charge in [-0.25, -0.2) is 0 Å². The Balaban J connectivity index is 2.13. The summed E-state index contributed by atoms with van der Waals surface area (Å²) in [5, 5.41) is 0. The van der Waals surface area contributed by atoms with Crippen LogP contribution in [0, 0.1) is 17.3 Å². The van der Waals surface area contributed by atoms with Gasteiger partial charge in [0.1, 0.15) is 0 Å². The van der Waals surface area contributed by atoms with Crippen LogP contribution in [0.4, 0.5) is 0 Å². The van der Waals surface area contributed by atoms with E-state index < -0.39 is 0 Å². The van der Waals surface area contributed by atoms with E-state index in [0.29, 0.717) is 5.41 Å². The second-order valence-corrected chi connectivity index (χ2v) is 3.62. The molecular weight excluding hydrogens is 108 g/mol. The molecule has 0 N–H and O–H groups in total. The average Bonchev–Trinajstić information content (AvgIpc) is 2.58. The molecule has 3 atom stereocenters. The van der Waals surface area contributed by atoms with E-state index in [0.717, 1.165) is 11.8 Å². The van der Waals surface area contributed by atoms with Gasteiger partial charge in [-0.3, -0.25) is 0 Å². The molecular formula is C9H14. The molecule has 0 aromatic rings. The van der Waals surface area contributed by atoms with Crippen molar-refractivity contribution in [3.8, 4) is 0 Å². The highest BCUT2D eigenvalue weighted by Crippen LogP contribution is 2.78. The first-order chi connectivity index (χ1) is 4.23. The van der Waals surface area contributed by atoms with E-state index in [4.69, 9.17) is 0 Å². The van der Waals surface area contributed by atoms with Crippen molar-refractivity contribution >= 4 is 0 Å². The van der Waals surface area contributed by atoms with Gasteiger partial charge in [-0.15, -0.1) is 0 Å². The Morgan fingerprint density at radius 1 is 1.78 bits per heavy atom. The molecule has 2 aliphatic carbocycles. The van der Waals surface area contributed by atoms with Gasteiger partial charge in [0, 0.05) is 5.41 Å². The Morgan fingerprint density at radius 3 is 2.44 bits per heavy atom. The summed E-state index contributed by atoms with van der Waals surface area (Å²) in [6.45, 7) is 8.69. The molecule has 2 saturated carbocycles. The number of hydrogen-bond donors (Lipinski definition) is 0. The van der Waals surface area contributed by atoms with E-state index in [2.05, 4.69) is 20.4 Å². The molecule has 2 fully saturated rings. The Hall–Kier alpha value is -0.260. The van der Waals surface area contributed by atoms with Crippen LogP contribution >= 0.6 is 0 Å². The smallest absolute Gasteiger partial charge is 0.000628 e. The fourth-order valence-corrected chi connectivity index (χ4v) is 2.63. The maximum Gasteiger partial charge on any atom is 0.000628 e. The van der Waals surface area contributed by atoms with Crippen molar-refractivity contribution in [3.63, 3.8) is 0 Å². The van der Waals surface area contributed by atoms with E-state index in [1.807, 2.05) is 0 Å². The van der Waals surface area contributed by atoms with E-state index in [-0.39, 0.29) is 0 Å². The molecule has 0 saturated heterocycles. The van der Waals surface area contributed by atoms with E-state index in [1.165, 1.54) is 18.4 Å². The van der Waals surface area contributed by atoms with Gasteiger partial charge < -0.3 is 0 Å². The summed E-state index contributed by atoms with van der Waals surface area (Å²) < 4.78 is 0. The topological polar surface area (TPSA) is 0 Å². The minimum atomic E-state index is 0.689. The molecule has 1 spiro atoms. The fourth-order valence-electron chi connectivity index (χ4n) is 2.63. The van der Waals surface area contributed by atoms with Crippen LogP contribution < -0.4 is 0 Å². The van der Waals surface area contributed by atoms with E-state index >= 15 is 0 Å². The van der Waals surface area contributed by atoms with Crippen molar-refractivity contribution in [2.45, 2.75) is 26.7 Å². The molecule has 0 aromatic carbocycles. The zero-order valence-corrected chi connectivity index (χ0v) is 6.28. The van der Waals surface area contributed by atoms with Crippen molar-refractivity contribution in [1.29, 1.82) is 0 Å². The van der Waals surface area contributed by atoms with Gasteiger partial charge in [0.05, 0.1) is 0 Å². The monoisotopic (exact) mass is 122 g/mol. The van der Waals surface area contributed by atoms with Gasteiger partial charge in [-0.05, 0) is 18.3 Å². The summed E-state index contributed by atoms with van der Waals surface area (Å²) in [5.74, 6) is 1.97. The summed E-state index contributed by atoms with van der Waals surface area (Å²) in [7, 11) is 0. The van der Waals surface area contributed by atoms with Crippen LogP contribution in [-0.4, -0.2) is 0 Å². The SMILES string of the molecule is C=C1CC12C(C)C2CC. The standard InChI is InChI=1S/C9H14/c1-4-8-7(3)9(8)5-6(9)2/h7-8H,2,4-5H2,1,3H3. The molecule has 0 amide bonds. The molecule has 0 heteroatoms. The van der Waals surface area contributed by atoms with Crippen LogP contribution in [-0.2, 0) is 0 Å². The Morgan fingerprint density at radius 2 is 2.33 bits per heavy atom. The minimum absolute atomic E-state index is 0.689. The predicted molar refractivity (Wildman–Crippen MR) is 39.1 cm³/mol. The second kappa shape index (κ2) is 1.25. The quantitative estimate of drug-likeness (QED) is 0.469. The molecule has 0 bridgehead atoms. The molecule has 0 heterocycles. The summed E-state index contributed by atoms with van der Waals surface area (Å²) in [4.78, 5) is 0. The largest absolute Gasteiger partial charge is 0.0992 e. The third kappa shape index (κ3) is 0.417. The van der Waals surface area contributed by atoms with Crippen LogP contribution in [0.2, 0.25) is 0 Å². The fraction of sp³-hybridized carbons (Fsp3) is 0.778. The molecule has 0 aliphatic heterocycles. The lowest BCUT2D eigenvalue weighted by Gasteiger charge is -1.82. The molecule has 3 unspecified atom stereocenters. The first kappa shape index (κ1) is 5.52. The van der Waals surface area contributed by atoms with Crippen LogP contribution in [0.5, 0.6) is 0 Å². The lowest BCUT2D eigenvalue weighted by molar-refractivity contribution is 0.695. The third-order valence-electron chi connectivity index (χ3n) is 3.45. The lowest BCUT2D eigenvalue weighted by atomic mass is 10.2.